The van der Waals surface area contributed by atoms with E-state index in [-0.39, 0.29) is 24.8 Å². The Morgan fingerprint density at radius 1 is 1.21 bits per heavy atom. The van der Waals surface area contributed by atoms with Crippen LogP contribution in [-0.4, -0.2) is 52.2 Å². The van der Waals surface area contributed by atoms with E-state index in [4.69, 9.17) is 10.8 Å². The molecule has 6 heteroatoms. The molecule has 2 atom stereocenters. The number of hydrogen-bond acceptors (Lipinski definition) is 4. The van der Waals surface area contributed by atoms with E-state index < -0.39 is 18.1 Å². The first kappa shape index (κ1) is 14.3. The normalized spacial score (nSPS) is 35.4. The lowest BCUT2D eigenvalue weighted by Gasteiger charge is -2.31. The largest absolute Gasteiger partial charge is 0.480 e. The smallest absolute Gasteiger partial charge is 0.326 e. The van der Waals surface area contributed by atoms with Gasteiger partial charge < -0.3 is 20.8 Å². The average Bonchev–Trinajstić information content (AvgIpc) is 2.80. The maximum Gasteiger partial charge on any atom is 0.326 e. The lowest BCUT2D eigenvalue weighted by Crippen LogP contribution is -2.44. The van der Waals surface area contributed by atoms with E-state index in [1.807, 2.05) is 0 Å². The van der Waals surface area contributed by atoms with Crippen LogP contribution in [0.15, 0.2) is 0 Å². The number of aliphatic hydroxyl groups excluding tert-OH is 1. The van der Waals surface area contributed by atoms with E-state index >= 15 is 0 Å². The second-order valence-corrected chi connectivity index (χ2v) is 5.69. The van der Waals surface area contributed by atoms with Gasteiger partial charge in [0.05, 0.1) is 6.10 Å². The Morgan fingerprint density at radius 3 is 2.37 bits per heavy atom. The zero-order chi connectivity index (χ0) is 14.0. The molecule has 1 saturated heterocycles. The molecule has 0 aromatic rings. The molecule has 1 aliphatic carbocycles. The number of carbonyl (C=O) groups excluding carboxylic acids is 1. The van der Waals surface area contributed by atoms with Crippen molar-refractivity contribution in [1.82, 2.24) is 4.90 Å². The van der Waals surface area contributed by atoms with Crippen molar-refractivity contribution in [2.24, 2.45) is 17.6 Å². The van der Waals surface area contributed by atoms with Crippen molar-refractivity contribution in [3.63, 3.8) is 0 Å². The Kier molecular flexibility index (Phi) is 4.42. The SMILES string of the molecule is NCC1CCC(C(=O)N2C[C@@H](O)C[C@H]2C(=O)O)CC1. The van der Waals surface area contributed by atoms with E-state index in [1.165, 1.54) is 4.90 Å². The number of hydrogen-bond donors (Lipinski definition) is 3. The number of carboxylic acid groups (broad SMARTS) is 1. The summed E-state index contributed by atoms with van der Waals surface area (Å²) >= 11 is 0. The predicted octanol–water partition coefficient (Wildman–Crippen LogP) is -0.202. The monoisotopic (exact) mass is 270 g/mol. The van der Waals surface area contributed by atoms with Crippen molar-refractivity contribution in [3.05, 3.63) is 0 Å². The fourth-order valence-corrected chi connectivity index (χ4v) is 3.17. The first-order valence-electron chi connectivity index (χ1n) is 6.94. The molecule has 4 N–H and O–H groups in total. The van der Waals surface area contributed by atoms with Crippen molar-refractivity contribution in [3.8, 4) is 0 Å². The molecule has 0 radical (unpaired) electrons. The summed E-state index contributed by atoms with van der Waals surface area (Å²) in [6, 6.07) is -0.866. The molecule has 1 saturated carbocycles. The van der Waals surface area contributed by atoms with Gasteiger partial charge in [0.2, 0.25) is 5.91 Å². The van der Waals surface area contributed by atoms with Crippen LogP contribution in [0.2, 0.25) is 0 Å². The maximum atomic E-state index is 12.4. The summed E-state index contributed by atoms with van der Waals surface area (Å²) in [5.41, 5.74) is 5.62. The zero-order valence-corrected chi connectivity index (χ0v) is 11.0. The Hall–Kier alpha value is -1.14. The first-order valence-corrected chi connectivity index (χ1v) is 6.94. The fraction of sp³-hybridized carbons (Fsp3) is 0.846. The van der Waals surface area contributed by atoms with Crippen molar-refractivity contribution >= 4 is 11.9 Å². The van der Waals surface area contributed by atoms with Crippen LogP contribution in [0.4, 0.5) is 0 Å². The topological polar surface area (TPSA) is 104 Å². The number of likely N-dealkylation sites (tertiary alicyclic amines) is 1. The minimum absolute atomic E-state index is 0.102. The van der Waals surface area contributed by atoms with Gasteiger partial charge in [0.15, 0.2) is 0 Å². The van der Waals surface area contributed by atoms with Crippen LogP contribution < -0.4 is 5.73 Å². The average molecular weight is 270 g/mol. The second kappa shape index (κ2) is 5.88. The predicted molar refractivity (Wildman–Crippen MR) is 68.3 cm³/mol. The van der Waals surface area contributed by atoms with Gasteiger partial charge in [0.1, 0.15) is 6.04 Å². The number of amides is 1. The number of aliphatic carboxylic acids is 1. The molecule has 1 heterocycles. The molecule has 6 nitrogen and oxygen atoms in total. The molecule has 2 aliphatic rings. The minimum atomic E-state index is -1.03. The molecule has 1 aliphatic heterocycles. The summed E-state index contributed by atoms with van der Waals surface area (Å²) in [6.07, 6.45) is 2.84. The highest BCUT2D eigenvalue weighted by molar-refractivity contribution is 5.85. The van der Waals surface area contributed by atoms with E-state index in [0.717, 1.165) is 25.7 Å². The van der Waals surface area contributed by atoms with E-state index in [1.54, 1.807) is 0 Å². The van der Waals surface area contributed by atoms with Gasteiger partial charge in [-0.1, -0.05) is 0 Å². The summed E-state index contributed by atoms with van der Waals surface area (Å²) in [4.78, 5) is 24.8. The van der Waals surface area contributed by atoms with Crippen LogP contribution >= 0.6 is 0 Å². The molecular formula is C13H22N2O4. The third kappa shape index (κ3) is 3.06. The van der Waals surface area contributed by atoms with Crippen molar-refractivity contribution in [2.75, 3.05) is 13.1 Å². The highest BCUT2D eigenvalue weighted by Crippen LogP contribution is 2.31. The Morgan fingerprint density at radius 2 is 1.84 bits per heavy atom. The third-order valence-corrected chi connectivity index (χ3v) is 4.38. The van der Waals surface area contributed by atoms with Crippen LogP contribution in [0.3, 0.4) is 0 Å². The molecule has 108 valence electrons. The number of carboxylic acids is 1. The number of carbonyl (C=O) groups is 2. The van der Waals surface area contributed by atoms with Crippen LogP contribution in [0.25, 0.3) is 0 Å². The molecule has 1 amide bonds. The molecule has 0 bridgehead atoms. The molecule has 2 rings (SSSR count). The van der Waals surface area contributed by atoms with Gasteiger partial charge in [-0.3, -0.25) is 4.79 Å². The molecule has 0 aromatic heterocycles. The summed E-state index contributed by atoms with van der Waals surface area (Å²) in [7, 11) is 0. The van der Waals surface area contributed by atoms with Gasteiger partial charge in [-0.15, -0.1) is 0 Å². The Bertz CT molecular complexity index is 353. The van der Waals surface area contributed by atoms with Gasteiger partial charge in [0, 0.05) is 18.9 Å². The molecule has 0 unspecified atom stereocenters. The molecule has 0 spiro atoms. The molecule has 19 heavy (non-hydrogen) atoms. The van der Waals surface area contributed by atoms with Crippen LogP contribution in [0.5, 0.6) is 0 Å². The number of β-amino-alcohol motifs (C(OH)–C–C–N with tert-alkyl or cyclic N) is 1. The van der Waals surface area contributed by atoms with Crippen LogP contribution in [-0.2, 0) is 9.59 Å². The van der Waals surface area contributed by atoms with Crippen molar-refractivity contribution < 1.29 is 19.8 Å². The van der Waals surface area contributed by atoms with Gasteiger partial charge in [-0.05, 0) is 38.1 Å². The molecule has 2 fully saturated rings. The quantitative estimate of drug-likeness (QED) is 0.658. The Balaban J connectivity index is 1.97. The van der Waals surface area contributed by atoms with Gasteiger partial charge in [-0.2, -0.15) is 0 Å². The fourth-order valence-electron chi connectivity index (χ4n) is 3.17. The van der Waals surface area contributed by atoms with Crippen molar-refractivity contribution in [2.45, 2.75) is 44.2 Å². The summed E-state index contributed by atoms with van der Waals surface area (Å²) < 4.78 is 0. The first-order chi connectivity index (χ1) is 9.02. The summed E-state index contributed by atoms with van der Waals surface area (Å²) in [5.74, 6) is -0.751. The van der Waals surface area contributed by atoms with E-state index in [2.05, 4.69) is 0 Å². The van der Waals surface area contributed by atoms with Gasteiger partial charge in [0.25, 0.3) is 0 Å². The highest BCUT2D eigenvalue weighted by Gasteiger charge is 2.41. The lowest BCUT2D eigenvalue weighted by atomic mass is 9.81. The number of nitrogens with two attached hydrogens (primary N) is 1. The summed E-state index contributed by atoms with van der Waals surface area (Å²) in [6.45, 7) is 0.799. The van der Waals surface area contributed by atoms with Gasteiger partial charge >= 0.3 is 5.97 Å². The standard InChI is InChI=1S/C13H22N2O4/c14-6-8-1-3-9(4-2-8)12(17)15-7-10(16)5-11(15)13(18)19/h8-11,16H,1-7,14H2,(H,18,19)/t8?,9?,10-,11-/m0/s1. The summed E-state index contributed by atoms with van der Waals surface area (Å²) in [5, 5.41) is 18.7. The number of nitrogens with zero attached hydrogens (tertiary/aromatic N) is 1. The third-order valence-electron chi connectivity index (χ3n) is 4.38. The Labute approximate surface area is 112 Å². The van der Waals surface area contributed by atoms with Crippen LogP contribution in [0.1, 0.15) is 32.1 Å². The molecule has 0 aromatic carbocycles. The van der Waals surface area contributed by atoms with Crippen molar-refractivity contribution in [1.29, 1.82) is 0 Å². The number of rotatable bonds is 3. The van der Waals surface area contributed by atoms with Crippen LogP contribution in [0, 0.1) is 11.8 Å². The lowest BCUT2D eigenvalue weighted by molar-refractivity contribution is -0.150. The van der Waals surface area contributed by atoms with E-state index in [9.17, 15) is 14.7 Å². The maximum absolute atomic E-state index is 12.4. The minimum Gasteiger partial charge on any atom is -0.480 e. The highest BCUT2D eigenvalue weighted by atomic mass is 16.4. The van der Waals surface area contributed by atoms with Gasteiger partial charge in [-0.25, -0.2) is 4.79 Å². The van der Waals surface area contributed by atoms with E-state index in [0.29, 0.717) is 12.5 Å². The molecular weight excluding hydrogens is 248 g/mol. The number of aliphatic hydroxyl groups is 1. The second-order valence-electron chi connectivity index (χ2n) is 5.69. The zero-order valence-electron chi connectivity index (χ0n) is 11.0.